The summed E-state index contributed by atoms with van der Waals surface area (Å²) in [6, 6.07) is 2.08. The third-order valence-electron chi connectivity index (χ3n) is 3.40. The van der Waals surface area contributed by atoms with Gasteiger partial charge in [0.05, 0.1) is 11.9 Å². The largest absolute Gasteiger partial charge is 0.273 e. The first-order chi connectivity index (χ1) is 9.47. The first-order valence-corrected chi connectivity index (χ1v) is 7.60. The molecule has 0 aliphatic rings. The number of hydrogen-bond donors (Lipinski definition) is 0. The summed E-state index contributed by atoms with van der Waals surface area (Å²) in [7, 11) is 1.90. The highest BCUT2D eigenvalue weighted by molar-refractivity contribution is 14.1. The lowest BCUT2D eigenvalue weighted by molar-refractivity contribution is 0.775. The maximum atomic E-state index is 4.65. The van der Waals surface area contributed by atoms with E-state index in [1.54, 1.807) is 4.68 Å². The average Bonchev–Trinajstić information content (AvgIpc) is 2.87. The molecule has 0 aromatic carbocycles. The number of nitrogens with zero attached hydrogens (tertiary/aromatic N) is 5. The van der Waals surface area contributed by atoms with E-state index in [1.165, 1.54) is 11.3 Å². The van der Waals surface area contributed by atoms with Gasteiger partial charge in [-0.2, -0.15) is 10.2 Å². The van der Waals surface area contributed by atoms with Gasteiger partial charge in [0.1, 0.15) is 3.70 Å². The predicted octanol–water partition coefficient (Wildman–Crippen LogP) is 3.19. The Balaban J connectivity index is 2.17. The summed E-state index contributed by atoms with van der Waals surface area (Å²) in [4.78, 5) is 4.41. The fourth-order valence-corrected chi connectivity index (χ4v) is 3.75. The molecule has 0 saturated carbocycles. The molecule has 0 bridgehead atoms. The van der Waals surface area contributed by atoms with Crippen LogP contribution in [-0.2, 0) is 7.05 Å². The second-order valence-corrected chi connectivity index (χ2v) is 6.29. The molecule has 0 aliphatic heterocycles. The minimum absolute atomic E-state index is 0.464. The Morgan fingerprint density at radius 2 is 2.00 bits per heavy atom. The zero-order valence-electron chi connectivity index (χ0n) is 11.9. The molecule has 0 saturated heterocycles. The molecule has 0 atom stereocenters. The predicted molar refractivity (Wildman–Crippen MR) is 87.2 cm³/mol. The monoisotopic (exact) mass is 381 g/mol. The van der Waals surface area contributed by atoms with Gasteiger partial charge in [-0.25, -0.2) is 9.67 Å². The van der Waals surface area contributed by atoms with E-state index in [0.29, 0.717) is 5.92 Å². The highest BCUT2D eigenvalue weighted by Gasteiger charge is 2.17. The Bertz CT molecular complexity index is 784. The Morgan fingerprint density at radius 3 is 2.65 bits per heavy atom. The topological polar surface area (TPSA) is 48.5 Å². The van der Waals surface area contributed by atoms with Gasteiger partial charge in [0, 0.05) is 29.9 Å². The van der Waals surface area contributed by atoms with Gasteiger partial charge in [0.2, 0.25) is 0 Å². The van der Waals surface area contributed by atoms with Crippen molar-refractivity contribution in [1.82, 2.24) is 24.5 Å². The Kier molecular flexibility index (Phi) is 3.27. The molecule has 3 aromatic rings. The summed E-state index contributed by atoms with van der Waals surface area (Å²) in [5.74, 6) is 0.464. The minimum atomic E-state index is 0.464. The lowest BCUT2D eigenvalue weighted by atomic mass is 10.1. The van der Waals surface area contributed by atoms with E-state index in [0.717, 1.165) is 20.4 Å². The molecular formula is C14H16IN5. The van der Waals surface area contributed by atoms with Crippen molar-refractivity contribution in [2.24, 2.45) is 7.05 Å². The van der Waals surface area contributed by atoms with Crippen molar-refractivity contribution in [3.05, 3.63) is 33.4 Å². The van der Waals surface area contributed by atoms with Crippen LogP contribution in [0.2, 0.25) is 0 Å². The number of fused-ring (bicyclic) bond motifs is 1. The third-order valence-corrected chi connectivity index (χ3v) is 4.20. The molecule has 0 fully saturated rings. The van der Waals surface area contributed by atoms with Gasteiger partial charge in [0.15, 0.2) is 5.65 Å². The average molecular weight is 381 g/mol. The summed E-state index contributed by atoms with van der Waals surface area (Å²) in [6.45, 7) is 6.50. The van der Waals surface area contributed by atoms with Crippen molar-refractivity contribution in [3.8, 4) is 5.69 Å². The standard InChI is InChI=1S/C14H16IN5/c1-8(2)12-9(3)20(17-13(12)15)11-5-10-7-19(4)18-14(10)16-6-11/h5-8H,1-4H3. The molecule has 20 heavy (non-hydrogen) atoms. The van der Waals surface area contributed by atoms with Crippen molar-refractivity contribution in [2.45, 2.75) is 26.7 Å². The number of halogens is 1. The fraction of sp³-hybridized carbons (Fsp3) is 0.357. The lowest BCUT2D eigenvalue weighted by Crippen LogP contribution is -2.00. The van der Waals surface area contributed by atoms with Gasteiger partial charge in [-0.1, -0.05) is 13.8 Å². The van der Waals surface area contributed by atoms with Crippen molar-refractivity contribution in [1.29, 1.82) is 0 Å². The normalized spacial score (nSPS) is 11.7. The summed E-state index contributed by atoms with van der Waals surface area (Å²) in [5, 5.41) is 9.98. The van der Waals surface area contributed by atoms with Crippen LogP contribution >= 0.6 is 22.6 Å². The highest BCUT2D eigenvalue weighted by Crippen LogP contribution is 2.27. The van der Waals surface area contributed by atoms with E-state index in [9.17, 15) is 0 Å². The molecule has 0 radical (unpaired) electrons. The van der Waals surface area contributed by atoms with E-state index in [2.05, 4.69) is 64.6 Å². The summed E-state index contributed by atoms with van der Waals surface area (Å²) in [6.07, 6.45) is 3.80. The van der Waals surface area contributed by atoms with Crippen LogP contribution in [0.3, 0.4) is 0 Å². The van der Waals surface area contributed by atoms with Crippen molar-refractivity contribution in [3.63, 3.8) is 0 Å². The van der Waals surface area contributed by atoms with Crippen LogP contribution in [0.5, 0.6) is 0 Å². The zero-order chi connectivity index (χ0) is 14.4. The Labute approximate surface area is 131 Å². The van der Waals surface area contributed by atoms with Gasteiger partial charge in [-0.05, 0) is 41.5 Å². The van der Waals surface area contributed by atoms with Crippen LogP contribution in [0.1, 0.15) is 31.0 Å². The first-order valence-electron chi connectivity index (χ1n) is 6.52. The van der Waals surface area contributed by atoms with E-state index in [-0.39, 0.29) is 0 Å². The van der Waals surface area contributed by atoms with Crippen LogP contribution in [0.25, 0.3) is 16.7 Å². The number of hydrogen-bond acceptors (Lipinski definition) is 3. The van der Waals surface area contributed by atoms with E-state index < -0.39 is 0 Å². The number of pyridine rings is 1. The van der Waals surface area contributed by atoms with Crippen molar-refractivity contribution in [2.75, 3.05) is 0 Å². The van der Waals surface area contributed by atoms with Crippen molar-refractivity contribution < 1.29 is 0 Å². The van der Waals surface area contributed by atoms with Crippen LogP contribution < -0.4 is 0 Å². The summed E-state index contributed by atoms with van der Waals surface area (Å²) < 4.78 is 4.80. The maximum absolute atomic E-state index is 4.65. The van der Waals surface area contributed by atoms with Gasteiger partial charge in [0.25, 0.3) is 0 Å². The van der Waals surface area contributed by atoms with Gasteiger partial charge in [-0.15, -0.1) is 0 Å². The van der Waals surface area contributed by atoms with Gasteiger partial charge < -0.3 is 0 Å². The third kappa shape index (κ3) is 2.11. The molecule has 6 heteroatoms. The fourth-order valence-electron chi connectivity index (χ4n) is 2.52. The Hall–Kier alpha value is -1.44. The van der Waals surface area contributed by atoms with Gasteiger partial charge >= 0.3 is 0 Å². The molecule has 0 unspecified atom stereocenters. The first kappa shape index (κ1) is 13.5. The molecule has 3 aromatic heterocycles. The molecule has 3 rings (SSSR count). The highest BCUT2D eigenvalue weighted by atomic mass is 127. The number of rotatable bonds is 2. The van der Waals surface area contributed by atoms with Crippen LogP contribution in [-0.4, -0.2) is 24.5 Å². The van der Waals surface area contributed by atoms with Crippen LogP contribution in [0.15, 0.2) is 18.5 Å². The molecule has 0 N–H and O–H groups in total. The van der Waals surface area contributed by atoms with Gasteiger partial charge in [-0.3, -0.25) is 4.68 Å². The van der Waals surface area contributed by atoms with E-state index in [4.69, 9.17) is 0 Å². The maximum Gasteiger partial charge on any atom is 0.181 e. The molecule has 104 valence electrons. The SMILES string of the molecule is Cc1c(C(C)C)c(I)nn1-c1cnc2nn(C)cc2c1. The van der Waals surface area contributed by atoms with Crippen LogP contribution in [0.4, 0.5) is 0 Å². The molecule has 0 amide bonds. The molecule has 5 nitrogen and oxygen atoms in total. The smallest absolute Gasteiger partial charge is 0.181 e. The quantitative estimate of drug-likeness (QED) is 0.641. The van der Waals surface area contributed by atoms with E-state index >= 15 is 0 Å². The second-order valence-electron chi connectivity index (χ2n) is 5.27. The number of aromatic nitrogens is 5. The second kappa shape index (κ2) is 4.83. The molecule has 0 aliphatic carbocycles. The summed E-state index contributed by atoms with van der Waals surface area (Å²) >= 11 is 2.30. The number of aryl methyl sites for hydroxylation is 1. The Morgan fingerprint density at radius 1 is 1.25 bits per heavy atom. The van der Waals surface area contributed by atoms with Crippen LogP contribution in [0, 0.1) is 10.6 Å². The molecule has 0 spiro atoms. The van der Waals surface area contributed by atoms with Crippen molar-refractivity contribution >= 4 is 33.6 Å². The minimum Gasteiger partial charge on any atom is -0.273 e. The molecule has 3 heterocycles. The zero-order valence-corrected chi connectivity index (χ0v) is 14.1. The van der Waals surface area contributed by atoms with E-state index in [1.807, 2.05) is 24.1 Å². The lowest BCUT2D eigenvalue weighted by Gasteiger charge is -2.06. The summed E-state index contributed by atoms with van der Waals surface area (Å²) in [5.41, 5.74) is 4.22. The molecular weight excluding hydrogens is 365 g/mol.